The third-order valence-corrected chi connectivity index (χ3v) is 14.0. The highest BCUT2D eigenvalue weighted by Gasteiger charge is 2.54. The van der Waals surface area contributed by atoms with Crippen molar-refractivity contribution in [3.63, 3.8) is 0 Å². The van der Waals surface area contributed by atoms with Crippen molar-refractivity contribution in [3.8, 4) is 0 Å². The number of likely N-dealkylation sites (N-methyl/N-ethyl adjacent to an activating group) is 1. The number of aliphatic hydroxyl groups excluding tert-OH is 3. The Morgan fingerprint density at radius 1 is 0.934 bits per heavy atom. The lowest BCUT2D eigenvalue weighted by molar-refractivity contribution is -0.319. The molecule has 0 unspecified atom stereocenters. The lowest BCUT2D eigenvalue weighted by Crippen LogP contribution is -2.62. The highest BCUT2D eigenvalue weighted by molar-refractivity contribution is 7.80. The number of cyclic esters (lactones) is 1. The number of aliphatic hydroxyl groups is 5. The maximum atomic E-state index is 14.4. The number of methoxy groups -OCH3 is 1. The number of nitrogens with one attached hydrogen (secondary N) is 2. The summed E-state index contributed by atoms with van der Waals surface area (Å²) >= 11 is 5.34. The maximum absolute atomic E-state index is 14.4. The molecular formula is C44H83N3O13S. The molecule has 0 amide bonds. The predicted octanol–water partition coefficient (Wildman–Crippen LogP) is 2.86. The summed E-state index contributed by atoms with van der Waals surface area (Å²) in [6.45, 7) is 24.6. The molecule has 17 heteroatoms. The summed E-state index contributed by atoms with van der Waals surface area (Å²) in [6.07, 6.45) is -9.90. The molecule has 16 nitrogen and oxygen atoms in total. The second kappa shape index (κ2) is 22.7. The normalized spacial score (nSPS) is 44.7. The number of ether oxygens (including phenoxy) is 7. The minimum Gasteiger partial charge on any atom is -0.459 e. The van der Waals surface area contributed by atoms with Crippen LogP contribution in [0.2, 0.25) is 0 Å². The van der Waals surface area contributed by atoms with Gasteiger partial charge in [-0.25, -0.2) is 0 Å². The van der Waals surface area contributed by atoms with E-state index in [1.54, 1.807) is 41.5 Å². The number of carbonyl (C=O) groups is 1. The van der Waals surface area contributed by atoms with Gasteiger partial charge in [0.2, 0.25) is 0 Å². The molecule has 3 fully saturated rings. The van der Waals surface area contributed by atoms with Crippen LogP contribution in [0.25, 0.3) is 0 Å². The third-order valence-electron chi connectivity index (χ3n) is 13.7. The van der Waals surface area contributed by atoms with Gasteiger partial charge in [0.25, 0.3) is 0 Å². The van der Waals surface area contributed by atoms with Gasteiger partial charge in [-0.2, -0.15) is 0 Å². The second-order valence-corrected chi connectivity index (χ2v) is 19.5. The minimum absolute atomic E-state index is 0.0520. The van der Waals surface area contributed by atoms with Gasteiger partial charge in [-0.3, -0.25) is 9.69 Å². The Kier molecular flexibility index (Phi) is 20.1. The Balaban J connectivity index is 2.21. The molecule has 0 saturated carbocycles. The van der Waals surface area contributed by atoms with Gasteiger partial charge in [-0.05, 0) is 107 Å². The molecule has 0 spiro atoms. The molecule has 0 radical (unpaired) electrons. The number of nitrogens with zero attached hydrogens (tertiary/aromatic N) is 1. The smallest absolute Gasteiger partial charge is 0.311 e. The van der Waals surface area contributed by atoms with Crippen molar-refractivity contribution in [2.45, 2.75) is 212 Å². The molecule has 3 aliphatic rings. The molecule has 0 aromatic carbocycles. The maximum Gasteiger partial charge on any atom is 0.311 e. The van der Waals surface area contributed by atoms with Gasteiger partial charge in [-0.15, -0.1) is 0 Å². The number of hydrogen-bond donors (Lipinski definition) is 7. The minimum atomic E-state index is -1.92. The van der Waals surface area contributed by atoms with Gasteiger partial charge in [0.1, 0.15) is 23.9 Å². The fraction of sp³-hybridized carbons (Fsp3) is 0.955. The first-order chi connectivity index (χ1) is 28.3. The van der Waals surface area contributed by atoms with Gasteiger partial charge in [0.05, 0.1) is 60.4 Å². The molecule has 0 aliphatic carbocycles. The average molecular weight is 894 g/mol. The van der Waals surface area contributed by atoms with E-state index in [1.165, 1.54) is 14.0 Å². The molecule has 358 valence electrons. The number of esters is 1. The quantitative estimate of drug-likeness (QED) is 0.0806. The third kappa shape index (κ3) is 13.2. The standard InChI is InChI=1S/C44H83N3O13S/c1-16-31-44(13,53)36(49)26(7)34(55-19-18-46-41(61)45-17-2)24(5)21-42(11,52)38(60-40-33(48)30(20-25(6)56-40)47(14)23(3)4)27(8)35(28(9)39(51)58-31)59-32-22-43(12,54-15)37(50)29(10)57-32/h23-38,40,48-50,52-53H,16-22H2,1-15H3,(H2,45,46,61)/t24-,25-,26+,27+,28-,29+,30+,31-,32+,33-,34+,35+,36-,37+,38-,40+,42-,43-,44-/m1/s1. The van der Waals surface area contributed by atoms with Gasteiger partial charge >= 0.3 is 5.97 Å². The molecule has 3 saturated heterocycles. The van der Waals surface area contributed by atoms with Crippen molar-refractivity contribution >= 4 is 23.3 Å². The second-order valence-electron chi connectivity index (χ2n) is 19.1. The highest BCUT2D eigenvalue weighted by Crippen LogP contribution is 2.42. The van der Waals surface area contributed by atoms with Gasteiger partial charge in [0.15, 0.2) is 17.7 Å². The average Bonchev–Trinajstić information content (AvgIpc) is 3.18. The van der Waals surface area contributed by atoms with Crippen LogP contribution in [0.3, 0.4) is 0 Å². The Hall–Kier alpha value is -1.32. The van der Waals surface area contributed by atoms with E-state index in [1.807, 2.05) is 48.6 Å². The number of rotatable bonds is 13. The van der Waals surface area contributed by atoms with Gasteiger partial charge < -0.3 is 69.3 Å². The highest BCUT2D eigenvalue weighted by atomic mass is 32.1. The molecule has 7 N–H and O–H groups in total. The van der Waals surface area contributed by atoms with Crippen molar-refractivity contribution in [3.05, 3.63) is 0 Å². The fourth-order valence-electron chi connectivity index (χ4n) is 9.75. The van der Waals surface area contributed by atoms with Gasteiger partial charge in [0, 0.05) is 50.5 Å². The lowest BCUT2D eigenvalue weighted by Gasteiger charge is -2.50. The summed E-state index contributed by atoms with van der Waals surface area (Å²) in [7, 11) is 3.45. The lowest BCUT2D eigenvalue weighted by atomic mass is 9.73. The predicted molar refractivity (Wildman–Crippen MR) is 234 cm³/mol. The summed E-state index contributed by atoms with van der Waals surface area (Å²) in [5, 5.41) is 66.5. The van der Waals surface area contributed by atoms with Crippen LogP contribution in [0.5, 0.6) is 0 Å². The van der Waals surface area contributed by atoms with Crippen LogP contribution in [0.1, 0.15) is 116 Å². The van der Waals surface area contributed by atoms with E-state index in [9.17, 15) is 30.3 Å². The fourth-order valence-corrected chi connectivity index (χ4v) is 10.00. The molecule has 0 aromatic rings. The first-order valence-electron chi connectivity index (χ1n) is 22.5. The summed E-state index contributed by atoms with van der Waals surface area (Å²) in [4.78, 5) is 16.5. The summed E-state index contributed by atoms with van der Waals surface area (Å²) in [5.74, 6) is -3.79. The van der Waals surface area contributed by atoms with E-state index in [0.717, 1.165) is 0 Å². The van der Waals surface area contributed by atoms with Crippen molar-refractivity contribution in [2.75, 3.05) is 33.9 Å². The zero-order chi connectivity index (χ0) is 46.4. The number of hydrogen-bond acceptors (Lipinski definition) is 15. The van der Waals surface area contributed by atoms with E-state index < -0.39 is 108 Å². The Bertz CT molecular complexity index is 1380. The first kappa shape index (κ1) is 54.0. The van der Waals surface area contributed by atoms with Crippen molar-refractivity contribution in [1.82, 2.24) is 15.5 Å². The van der Waals surface area contributed by atoms with E-state index in [-0.39, 0.29) is 44.1 Å². The first-order valence-corrected chi connectivity index (χ1v) is 22.9. The zero-order valence-electron chi connectivity index (χ0n) is 39.6. The number of carbonyl (C=O) groups excluding carboxylic acids is 1. The van der Waals surface area contributed by atoms with E-state index in [2.05, 4.69) is 15.5 Å². The summed E-state index contributed by atoms with van der Waals surface area (Å²) in [6, 6.07) is -0.215. The monoisotopic (exact) mass is 894 g/mol. The SMILES string of the molecule is CCNC(=S)NCCO[C@@H]1[C@H](C)[C@@H](O)[C@](C)(O)[C@@H](CC)OC(=O)[C@H](C)[C@@H](O[C@H]2C[C@@](C)(OC)[C@@H](O)[C@H](C)O2)[C@H](C)[C@@H](O[C@@H]2O[C@H](C)C[C@H](N(C)C(C)C)[C@H]2O)[C@](C)(O)C[C@H]1C. The van der Waals surface area contributed by atoms with Crippen LogP contribution in [0, 0.1) is 23.7 Å². The van der Waals surface area contributed by atoms with E-state index in [4.69, 9.17) is 45.4 Å². The van der Waals surface area contributed by atoms with Crippen molar-refractivity contribution < 1.29 is 63.5 Å². The van der Waals surface area contributed by atoms with Crippen molar-refractivity contribution in [1.29, 1.82) is 0 Å². The largest absolute Gasteiger partial charge is 0.459 e. The summed E-state index contributed by atoms with van der Waals surface area (Å²) in [5.41, 5.74) is -4.69. The zero-order valence-corrected chi connectivity index (χ0v) is 40.4. The number of thiocarbonyl (C=S) groups is 1. The van der Waals surface area contributed by atoms with Crippen molar-refractivity contribution in [2.24, 2.45) is 23.7 Å². The Morgan fingerprint density at radius 2 is 1.57 bits per heavy atom. The molecular weight excluding hydrogens is 811 g/mol. The van der Waals surface area contributed by atoms with Crippen LogP contribution in [0.15, 0.2) is 0 Å². The van der Waals surface area contributed by atoms with Crippen LogP contribution < -0.4 is 10.6 Å². The topological polar surface area (TPSA) is 210 Å². The molecule has 0 bridgehead atoms. The van der Waals surface area contributed by atoms with Crippen LogP contribution in [-0.4, -0.2) is 172 Å². The van der Waals surface area contributed by atoms with E-state index >= 15 is 0 Å². The van der Waals surface area contributed by atoms with Crippen LogP contribution in [-0.2, 0) is 38.0 Å². The van der Waals surface area contributed by atoms with Gasteiger partial charge in [-0.1, -0.05) is 27.7 Å². The Morgan fingerprint density at radius 3 is 2.15 bits per heavy atom. The van der Waals surface area contributed by atoms with Crippen LogP contribution in [0.4, 0.5) is 0 Å². The molecule has 3 rings (SSSR count). The Labute approximate surface area is 371 Å². The molecule has 3 heterocycles. The van der Waals surface area contributed by atoms with Crippen LogP contribution >= 0.6 is 12.2 Å². The van der Waals surface area contributed by atoms with E-state index in [0.29, 0.717) is 24.6 Å². The summed E-state index contributed by atoms with van der Waals surface area (Å²) < 4.78 is 44.6. The molecule has 61 heavy (non-hydrogen) atoms. The molecule has 0 aromatic heterocycles. The molecule has 3 aliphatic heterocycles. The molecule has 19 atom stereocenters.